The minimum Gasteiger partial charge on any atom is -0.444 e. The first kappa shape index (κ1) is 20.4. The summed E-state index contributed by atoms with van der Waals surface area (Å²) in [5.74, 6) is 2.22. The number of aryl methyl sites for hydroxylation is 2. The topological polar surface area (TPSA) is 71.7 Å². The van der Waals surface area contributed by atoms with Crippen LogP contribution in [0.25, 0.3) is 0 Å². The maximum Gasteiger partial charge on any atom is 0.214 e. The molecule has 0 unspecified atom stereocenters. The predicted octanol–water partition coefficient (Wildman–Crippen LogP) is 2.92. The molecule has 6 nitrogen and oxygen atoms in total. The molecule has 0 saturated heterocycles. The Bertz CT molecular complexity index is 634. The first-order valence-corrected chi connectivity index (χ1v) is 7.56. The highest BCUT2D eigenvalue weighted by Crippen LogP contribution is 2.08. The predicted molar refractivity (Wildman–Crippen MR) is 106 cm³/mol. The molecule has 0 atom stereocenters. The third-order valence-corrected chi connectivity index (χ3v) is 3.50. The summed E-state index contributed by atoms with van der Waals surface area (Å²) < 4.78 is 10.6. The molecular formula is C17H25IN4O2. The minimum absolute atomic E-state index is 0. The van der Waals surface area contributed by atoms with Crippen LogP contribution in [0.3, 0.4) is 0 Å². The lowest BCUT2D eigenvalue weighted by Crippen LogP contribution is -2.36. The number of aliphatic imine (C=N–C) groups is 1. The van der Waals surface area contributed by atoms with Gasteiger partial charge in [-0.15, -0.1) is 24.0 Å². The molecule has 0 aliphatic heterocycles. The van der Waals surface area contributed by atoms with E-state index in [1.54, 1.807) is 14.2 Å². The van der Waals surface area contributed by atoms with Crippen molar-refractivity contribution in [3.63, 3.8) is 0 Å². The molecule has 2 N–H and O–H groups in total. The number of nitrogens with zero attached hydrogens (tertiary/aromatic N) is 2. The highest BCUT2D eigenvalue weighted by molar-refractivity contribution is 14.0. The molecule has 24 heavy (non-hydrogen) atoms. The molecule has 0 aliphatic rings. The Morgan fingerprint density at radius 2 is 1.75 bits per heavy atom. The second-order valence-electron chi connectivity index (χ2n) is 5.28. The van der Waals surface area contributed by atoms with Crippen molar-refractivity contribution in [2.75, 3.05) is 14.2 Å². The lowest BCUT2D eigenvalue weighted by Gasteiger charge is -2.11. The van der Waals surface area contributed by atoms with Crippen LogP contribution in [0.2, 0.25) is 0 Å². The van der Waals surface area contributed by atoms with E-state index in [0.29, 0.717) is 31.5 Å². The summed E-state index contributed by atoms with van der Waals surface area (Å²) in [5, 5.41) is 6.46. The fourth-order valence-electron chi connectivity index (χ4n) is 2.10. The van der Waals surface area contributed by atoms with Gasteiger partial charge in [0.2, 0.25) is 5.89 Å². The second-order valence-corrected chi connectivity index (χ2v) is 5.28. The van der Waals surface area contributed by atoms with Gasteiger partial charge in [-0.25, -0.2) is 4.98 Å². The summed E-state index contributed by atoms with van der Waals surface area (Å²) in [5.41, 5.74) is 3.25. The molecule has 0 amide bonds. The number of guanidine groups is 1. The summed E-state index contributed by atoms with van der Waals surface area (Å²) in [4.78, 5) is 8.54. The average molecular weight is 444 g/mol. The number of nitrogens with one attached hydrogen (secondary N) is 2. The van der Waals surface area contributed by atoms with E-state index in [2.05, 4.69) is 44.9 Å². The fourth-order valence-corrected chi connectivity index (χ4v) is 2.10. The molecule has 0 radical (unpaired) electrons. The van der Waals surface area contributed by atoms with Crippen molar-refractivity contribution in [2.24, 2.45) is 4.99 Å². The molecule has 1 heterocycles. The van der Waals surface area contributed by atoms with Crippen molar-refractivity contribution < 1.29 is 9.15 Å². The van der Waals surface area contributed by atoms with E-state index in [1.807, 2.05) is 13.8 Å². The maximum absolute atomic E-state index is 5.54. The maximum atomic E-state index is 5.54. The molecule has 2 rings (SSSR count). The van der Waals surface area contributed by atoms with Crippen molar-refractivity contribution in [1.82, 2.24) is 15.6 Å². The summed E-state index contributed by atoms with van der Waals surface area (Å²) in [6, 6.07) is 8.29. The highest BCUT2D eigenvalue weighted by atomic mass is 127. The second kappa shape index (κ2) is 10.3. The van der Waals surface area contributed by atoms with Crippen molar-refractivity contribution >= 4 is 29.9 Å². The molecule has 7 heteroatoms. The number of aromatic nitrogens is 1. The number of methoxy groups -OCH3 is 1. The Morgan fingerprint density at radius 1 is 1.12 bits per heavy atom. The quantitative estimate of drug-likeness (QED) is 0.408. The third-order valence-electron chi connectivity index (χ3n) is 3.50. The first-order valence-electron chi connectivity index (χ1n) is 7.56. The molecular weight excluding hydrogens is 419 g/mol. The average Bonchev–Trinajstić information content (AvgIpc) is 2.87. The molecule has 2 aromatic rings. The Morgan fingerprint density at radius 3 is 2.29 bits per heavy atom. The van der Waals surface area contributed by atoms with Crippen LogP contribution in [0.1, 0.15) is 28.5 Å². The molecule has 0 spiro atoms. The highest BCUT2D eigenvalue weighted by Gasteiger charge is 2.06. The number of ether oxygens (including phenoxy) is 1. The first-order chi connectivity index (χ1) is 11.1. The molecule has 0 bridgehead atoms. The number of hydrogen-bond acceptors (Lipinski definition) is 4. The van der Waals surface area contributed by atoms with Gasteiger partial charge < -0.3 is 19.8 Å². The Balaban J connectivity index is 0.00000288. The fraction of sp³-hybridized carbons (Fsp3) is 0.412. The number of hydrogen-bond donors (Lipinski definition) is 2. The molecule has 0 fully saturated rings. The number of oxazole rings is 1. The van der Waals surface area contributed by atoms with Crippen LogP contribution in [-0.4, -0.2) is 25.1 Å². The van der Waals surface area contributed by atoms with Gasteiger partial charge in [-0.3, -0.25) is 4.99 Å². The Hall–Kier alpha value is -1.61. The van der Waals surface area contributed by atoms with Crippen LogP contribution < -0.4 is 10.6 Å². The number of rotatable bonds is 6. The van der Waals surface area contributed by atoms with Gasteiger partial charge in [0.1, 0.15) is 5.76 Å². The van der Waals surface area contributed by atoms with Crippen LogP contribution in [0.15, 0.2) is 33.7 Å². The van der Waals surface area contributed by atoms with Crippen molar-refractivity contribution in [1.29, 1.82) is 0 Å². The molecule has 1 aromatic heterocycles. The molecule has 0 saturated carbocycles. The summed E-state index contributed by atoms with van der Waals surface area (Å²) >= 11 is 0. The molecule has 132 valence electrons. The smallest absolute Gasteiger partial charge is 0.214 e. The van der Waals surface area contributed by atoms with Crippen LogP contribution in [0.5, 0.6) is 0 Å². The van der Waals surface area contributed by atoms with Gasteiger partial charge in [0, 0.05) is 20.7 Å². The summed E-state index contributed by atoms with van der Waals surface area (Å²) in [6.45, 7) is 5.67. The zero-order chi connectivity index (χ0) is 16.7. The van der Waals surface area contributed by atoms with E-state index in [9.17, 15) is 0 Å². The van der Waals surface area contributed by atoms with Gasteiger partial charge in [-0.05, 0) is 25.0 Å². The third kappa shape index (κ3) is 6.12. The molecule has 0 aliphatic carbocycles. The van der Waals surface area contributed by atoms with E-state index in [4.69, 9.17) is 9.15 Å². The molecule has 1 aromatic carbocycles. The van der Waals surface area contributed by atoms with Gasteiger partial charge in [0.15, 0.2) is 5.96 Å². The number of benzene rings is 1. The summed E-state index contributed by atoms with van der Waals surface area (Å²) in [7, 11) is 3.44. The van der Waals surface area contributed by atoms with Gasteiger partial charge in [0.05, 0.1) is 18.8 Å². The van der Waals surface area contributed by atoms with Crippen LogP contribution in [0.4, 0.5) is 0 Å². The standard InChI is InChI=1S/C17H24N4O2.HI/c1-12-13(2)23-16(21-12)10-20-17(18-3)19-9-14-5-7-15(8-6-14)11-22-4;/h5-8H,9-11H2,1-4H3,(H2,18,19,20);1H. The Kier molecular flexibility index (Phi) is 8.77. The van der Waals surface area contributed by atoms with Gasteiger partial charge in [-0.2, -0.15) is 0 Å². The van der Waals surface area contributed by atoms with Gasteiger partial charge in [0.25, 0.3) is 0 Å². The van der Waals surface area contributed by atoms with E-state index in [0.717, 1.165) is 17.0 Å². The largest absolute Gasteiger partial charge is 0.444 e. The normalized spacial score (nSPS) is 11.1. The van der Waals surface area contributed by atoms with Crippen molar-refractivity contribution in [3.8, 4) is 0 Å². The van der Waals surface area contributed by atoms with Crippen LogP contribution in [0, 0.1) is 13.8 Å². The van der Waals surface area contributed by atoms with Crippen LogP contribution in [-0.2, 0) is 24.4 Å². The van der Waals surface area contributed by atoms with Crippen LogP contribution >= 0.6 is 24.0 Å². The van der Waals surface area contributed by atoms with E-state index in [-0.39, 0.29) is 24.0 Å². The van der Waals surface area contributed by atoms with Crippen molar-refractivity contribution in [3.05, 3.63) is 52.7 Å². The zero-order valence-corrected chi connectivity index (χ0v) is 16.9. The lowest BCUT2D eigenvalue weighted by molar-refractivity contribution is 0.185. The zero-order valence-electron chi connectivity index (χ0n) is 14.5. The van der Waals surface area contributed by atoms with Gasteiger partial charge >= 0.3 is 0 Å². The van der Waals surface area contributed by atoms with E-state index >= 15 is 0 Å². The Labute approximate surface area is 160 Å². The SMILES string of the molecule is CN=C(NCc1ccc(COC)cc1)NCc1nc(C)c(C)o1.I. The monoisotopic (exact) mass is 444 g/mol. The summed E-state index contributed by atoms with van der Waals surface area (Å²) in [6.07, 6.45) is 0. The number of halogens is 1. The van der Waals surface area contributed by atoms with Gasteiger partial charge in [-0.1, -0.05) is 24.3 Å². The lowest BCUT2D eigenvalue weighted by atomic mass is 10.1. The van der Waals surface area contributed by atoms with E-state index in [1.165, 1.54) is 5.56 Å². The van der Waals surface area contributed by atoms with Crippen molar-refractivity contribution in [2.45, 2.75) is 33.5 Å². The van der Waals surface area contributed by atoms with E-state index < -0.39 is 0 Å². The minimum atomic E-state index is 0.